The molecular weight excluding hydrogens is 187 g/mol. The van der Waals surface area contributed by atoms with Crippen LogP contribution in [0.5, 0.6) is 0 Å². The largest absolute Gasteiger partial charge is 0.454 e. The molecule has 11 heavy (non-hydrogen) atoms. The van der Waals surface area contributed by atoms with Crippen molar-refractivity contribution in [3.63, 3.8) is 0 Å². The lowest BCUT2D eigenvalue weighted by Gasteiger charge is -2.23. The quantitative estimate of drug-likeness (QED) is 0.391. The molecule has 2 nitrogen and oxygen atoms in total. The van der Waals surface area contributed by atoms with Gasteiger partial charge in [-0.1, -0.05) is 6.58 Å². The first-order valence-electron chi connectivity index (χ1n) is 3.05. The van der Waals surface area contributed by atoms with Gasteiger partial charge in [0.2, 0.25) is 0 Å². The molecule has 0 aliphatic carbocycles. The minimum Gasteiger partial charge on any atom is -0.454 e. The van der Waals surface area contributed by atoms with E-state index in [-0.39, 0.29) is 11.8 Å². The van der Waals surface area contributed by atoms with Crippen LogP contribution >= 0.6 is 23.2 Å². The van der Waals surface area contributed by atoms with Crippen molar-refractivity contribution < 1.29 is 9.53 Å². The van der Waals surface area contributed by atoms with Crippen molar-refractivity contribution in [2.24, 2.45) is 0 Å². The third-order valence-electron chi connectivity index (χ3n) is 1.08. The lowest BCUT2D eigenvalue weighted by Crippen LogP contribution is -2.35. The van der Waals surface area contributed by atoms with Crippen LogP contribution in [0.15, 0.2) is 12.7 Å². The van der Waals surface area contributed by atoms with Crippen LogP contribution in [0.25, 0.3) is 0 Å². The zero-order valence-corrected chi connectivity index (χ0v) is 7.78. The van der Waals surface area contributed by atoms with Crippen LogP contribution in [0.2, 0.25) is 0 Å². The van der Waals surface area contributed by atoms with Crippen LogP contribution in [0, 0.1) is 0 Å². The van der Waals surface area contributed by atoms with E-state index in [0.29, 0.717) is 0 Å². The highest BCUT2D eigenvalue weighted by Crippen LogP contribution is 2.14. The molecule has 0 unspecified atom stereocenters. The predicted octanol–water partition coefficient (Wildman–Crippen LogP) is 1.95. The maximum atomic E-state index is 10.7. The summed E-state index contributed by atoms with van der Waals surface area (Å²) in [6, 6.07) is 0. The molecule has 0 saturated heterocycles. The molecule has 0 aliphatic rings. The molecule has 0 N–H and O–H groups in total. The predicted molar refractivity (Wildman–Crippen MR) is 46.1 cm³/mol. The number of ether oxygens (including phenoxy) is 1. The smallest absolute Gasteiger partial charge is 0.330 e. The number of halogens is 2. The van der Waals surface area contributed by atoms with E-state index in [1.807, 2.05) is 0 Å². The zero-order valence-electron chi connectivity index (χ0n) is 6.27. The second-order valence-electron chi connectivity index (χ2n) is 2.34. The monoisotopic (exact) mass is 196 g/mol. The average molecular weight is 197 g/mol. The molecular formula is C7H10Cl2O2. The van der Waals surface area contributed by atoms with Crippen molar-refractivity contribution in [3.05, 3.63) is 12.7 Å². The minimum absolute atomic E-state index is 0.177. The highest BCUT2D eigenvalue weighted by Gasteiger charge is 2.25. The van der Waals surface area contributed by atoms with E-state index < -0.39 is 11.6 Å². The Kier molecular flexibility index (Phi) is 4.54. The molecule has 0 aromatic rings. The van der Waals surface area contributed by atoms with Crippen molar-refractivity contribution in [2.45, 2.75) is 12.5 Å². The summed E-state index contributed by atoms with van der Waals surface area (Å²) in [5, 5.41) is 0. The van der Waals surface area contributed by atoms with Crippen molar-refractivity contribution in [2.75, 3.05) is 11.8 Å². The van der Waals surface area contributed by atoms with Gasteiger partial charge in [0, 0.05) is 6.08 Å². The van der Waals surface area contributed by atoms with E-state index in [1.54, 1.807) is 6.92 Å². The number of rotatable bonds is 4. The molecule has 0 fully saturated rings. The number of hydrogen-bond donors (Lipinski definition) is 0. The third kappa shape index (κ3) is 3.63. The van der Waals surface area contributed by atoms with E-state index in [2.05, 4.69) is 6.58 Å². The van der Waals surface area contributed by atoms with Crippen LogP contribution in [0.3, 0.4) is 0 Å². The van der Waals surface area contributed by atoms with E-state index in [4.69, 9.17) is 27.9 Å². The molecule has 0 aliphatic heterocycles. The van der Waals surface area contributed by atoms with Gasteiger partial charge in [0.15, 0.2) is 0 Å². The zero-order chi connectivity index (χ0) is 8.91. The van der Waals surface area contributed by atoms with Crippen LogP contribution in [-0.2, 0) is 9.53 Å². The fourth-order valence-corrected chi connectivity index (χ4v) is 0.770. The summed E-state index contributed by atoms with van der Waals surface area (Å²) < 4.78 is 4.86. The summed E-state index contributed by atoms with van der Waals surface area (Å²) in [7, 11) is 0. The summed E-state index contributed by atoms with van der Waals surface area (Å²) in [6.45, 7) is 4.91. The molecule has 0 radical (unpaired) electrons. The van der Waals surface area contributed by atoms with Gasteiger partial charge in [0.1, 0.15) is 5.60 Å². The first-order valence-corrected chi connectivity index (χ1v) is 4.12. The van der Waals surface area contributed by atoms with Gasteiger partial charge in [-0.05, 0) is 6.92 Å². The second kappa shape index (κ2) is 4.62. The van der Waals surface area contributed by atoms with Crippen molar-refractivity contribution in [1.29, 1.82) is 0 Å². The van der Waals surface area contributed by atoms with Gasteiger partial charge in [0.25, 0.3) is 0 Å². The molecule has 0 atom stereocenters. The molecule has 0 bridgehead atoms. The van der Waals surface area contributed by atoms with Crippen molar-refractivity contribution in [1.82, 2.24) is 0 Å². The topological polar surface area (TPSA) is 26.3 Å². The Hall–Kier alpha value is -0.210. The standard InChI is InChI=1S/C7H10Cl2O2/c1-3-6(10)11-7(2,4-8)5-9/h3H,1,4-5H2,2H3. The Labute approximate surface area is 76.1 Å². The van der Waals surface area contributed by atoms with Crippen molar-refractivity contribution >= 4 is 29.2 Å². The van der Waals surface area contributed by atoms with Crippen molar-refractivity contribution in [3.8, 4) is 0 Å². The fraction of sp³-hybridized carbons (Fsp3) is 0.571. The van der Waals surface area contributed by atoms with Gasteiger partial charge in [-0.25, -0.2) is 4.79 Å². The summed E-state index contributed by atoms with van der Waals surface area (Å²) in [5.74, 6) is -0.152. The summed E-state index contributed by atoms with van der Waals surface area (Å²) in [4.78, 5) is 10.7. The van der Waals surface area contributed by atoms with Gasteiger partial charge < -0.3 is 4.74 Å². The molecule has 0 heterocycles. The lowest BCUT2D eigenvalue weighted by atomic mass is 10.2. The van der Waals surface area contributed by atoms with E-state index in [0.717, 1.165) is 6.08 Å². The molecule has 0 saturated carbocycles. The number of carbonyl (C=O) groups excluding carboxylic acids is 1. The molecule has 0 amide bonds. The number of alkyl halides is 2. The number of carbonyl (C=O) groups is 1. The normalized spacial score (nSPS) is 10.8. The molecule has 4 heteroatoms. The Balaban J connectivity index is 4.06. The second-order valence-corrected chi connectivity index (χ2v) is 2.88. The minimum atomic E-state index is -0.783. The summed E-state index contributed by atoms with van der Waals surface area (Å²) in [6.07, 6.45) is 1.08. The Bertz CT molecular complexity index is 153. The van der Waals surface area contributed by atoms with Gasteiger partial charge in [0.05, 0.1) is 11.8 Å². The molecule has 0 aromatic carbocycles. The van der Waals surface area contributed by atoms with Crippen LogP contribution in [-0.4, -0.2) is 23.3 Å². The number of esters is 1. The SMILES string of the molecule is C=CC(=O)OC(C)(CCl)CCl. The van der Waals surface area contributed by atoms with Gasteiger partial charge >= 0.3 is 5.97 Å². The number of hydrogen-bond acceptors (Lipinski definition) is 2. The molecule has 0 spiro atoms. The van der Waals surface area contributed by atoms with E-state index >= 15 is 0 Å². The Morgan fingerprint density at radius 3 is 2.36 bits per heavy atom. The molecule has 64 valence electrons. The van der Waals surface area contributed by atoms with E-state index in [9.17, 15) is 4.79 Å². The van der Waals surface area contributed by atoms with Gasteiger partial charge in [-0.2, -0.15) is 0 Å². The summed E-state index contributed by atoms with van der Waals surface area (Å²) in [5.41, 5.74) is -0.783. The molecule has 0 rings (SSSR count). The third-order valence-corrected chi connectivity index (χ3v) is 2.21. The maximum Gasteiger partial charge on any atom is 0.330 e. The Morgan fingerprint density at radius 1 is 1.64 bits per heavy atom. The highest BCUT2D eigenvalue weighted by molar-refractivity contribution is 6.22. The maximum absolute atomic E-state index is 10.7. The molecule has 0 aromatic heterocycles. The first kappa shape index (κ1) is 10.8. The highest BCUT2D eigenvalue weighted by atomic mass is 35.5. The lowest BCUT2D eigenvalue weighted by molar-refractivity contribution is -0.147. The first-order chi connectivity index (χ1) is 5.08. The van der Waals surface area contributed by atoms with Crippen LogP contribution < -0.4 is 0 Å². The van der Waals surface area contributed by atoms with E-state index in [1.165, 1.54) is 0 Å². The average Bonchev–Trinajstić information content (AvgIpc) is 2.04. The van der Waals surface area contributed by atoms with Crippen LogP contribution in [0.1, 0.15) is 6.92 Å². The fourth-order valence-electron chi connectivity index (χ4n) is 0.375. The van der Waals surface area contributed by atoms with Gasteiger partial charge in [-0.15, -0.1) is 23.2 Å². The summed E-state index contributed by atoms with van der Waals surface area (Å²) >= 11 is 11.0. The Morgan fingerprint density at radius 2 is 2.09 bits per heavy atom. The van der Waals surface area contributed by atoms with Gasteiger partial charge in [-0.3, -0.25) is 0 Å². The van der Waals surface area contributed by atoms with Crippen LogP contribution in [0.4, 0.5) is 0 Å².